The molecule has 1 atom stereocenters. The van der Waals surface area contributed by atoms with E-state index in [9.17, 15) is 4.79 Å². The minimum Gasteiger partial charge on any atom is -0.493 e. The lowest BCUT2D eigenvalue weighted by molar-refractivity contribution is -0.135. The Labute approximate surface area is 208 Å². The average molecular weight is 497 g/mol. The normalized spacial score (nSPS) is 14.9. The van der Waals surface area contributed by atoms with Crippen LogP contribution in [0, 0.1) is 6.92 Å². The molecule has 2 heterocycles. The molecule has 35 heavy (non-hydrogen) atoms. The first-order valence-corrected chi connectivity index (χ1v) is 11.9. The largest absolute Gasteiger partial charge is 0.493 e. The van der Waals surface area contributed by atoms with Gasteiger partial charge in [0, 0.05) is 6.42 Å². The molecule has 9 heteroatoms. The van der Waals surface area contributed by atoms with Gasteiger partial charge in [0.05, 0.1) is 45.1 Å². The first kappa shape index (κ1) is 24.4. The highest BCUT2D eigenvalue weighted by Crippen LogP contribution is 2.40. The van der Waals surface area contributed by atoms with Crippen molar-refractivity contribution in [2.24, 2.45) is 5.10 Å². The molecular weight excluding hydrogens is 468 g/mol. The van der Waals surface area contributed by atoms with Gasteiger partial charge in [-0.3, -0.25) is 4.79 Å². The molecule has 184 valence electrons. The summed E-state index contributed by atoms with van der Waals surface area (Å²) in [4.78, 5) is 14.4. The summed E-state index contributed by atoms with van der Waals surface area (Å²) in [6.07, 6.45) is 0.568. The van der Waals surface area contributed by atoms with Crippen LogP contribution >= 0.6 is 11.3 Å². The Bertz CT molecular complexity index is 1200. The lowest BCUT2D eigenvalue weighted by Crippen LogP contribution is -2.31. The molecule has 1 aliphatic heterocycles. The van der Waals surface area contributed by atoms with E-state index >= 15 is 0 Å². The molecule has 0 saturated carbocycles. The number of carbonyl (C=O) groups is 1. The number of amides is 1. The summed E-state index contributed by atoms with van der Waals surface area (Å²) in [6.45, 7) is 1.69. The first-order valence-electron chi connectivity index (χ1n) is 11.0. The minimum atomic E-state index is -0.315. The van der Waals surface area contributed by atoms with Crippen LogP contribution in [-0.4, -0.2) is 51.7 Å². The molecule has 0 fully saturated rings. The molecular formula is C26H28N2O6S. The topological polar surface area (TPSA) is 78.8 Å². The molecule has 3 aromatic rings. The van der Waals surface area contributed by atoms with Gasteiger partial charge in [0.15, 0.2) is 29.6 Å². The van der Waals surface area contributed by atoms with Crippen LogP contribution in [0.3, 0.4) is 0 Å². The molecule has 0 aliphatic carbocycles. The third kappa shape index (κ3) is 5.05. The Morgan fingerprint density at radius 2 is 1.66 bits per heavy atom. The maximum absolute atomic E-state index is 13.4. The maximum atomic E-state index is 13.4. The summed E-state index contributed by atoms with van der Waals surface area (Å²) in [5.74, 6) is 2.28. The zero-order chi connectivity index (χ0) is 24.9. The number of hydrogen-bond acceptors (Lipinski definition) is 8. The Morgan fingerprint density at radius 1 is 0.971 bits per heavy atom. The standard InChI is InChI=1S/C26H28N2O6S/c1-16-11-22(32-4)26(23(12-16)33-5)34-15-25(29)28-19(14-18(27-28)24-7-6-10-35-24)17-8-9-20(30-2)21(13-17)31-3/h6-13,19H,14-15H2,1-5H3. The molecule has 0 bridgehead atoms. The second-order valence-corrected chi connectivity index (χ2v) is 8.83. The number of rotatable bonds is 9. The summed E-state index contributed by atoms with van der Waals surface area (Å²) < 4.78 is 27.7. The number of ether oxygens (including phenoxy) is 5. The molecule has 1 aromatic heterocycles. The van der Waals surface area contributed by atoms with E-state index in [0.29, 0.717) is 35.2 Å². The van der Waals surface area contributed by atoms with Gasteiger partial charge in [-0.1, -0.05) is 12.1 Å². The fourth-order valence-corrected chi connectivity index (χ4v) is 4.73. The van der Waals surface area contributed by atoms with Gasteiger partial charge in [-0.15, -0.1) is 11.3 Å². The quantitative estimate of drug-likeness (QED) is 0.422. The number of hydrazone groups is 1. The Morgan fingerprint density at radius 3 is 2.26 bits per heavy atom. The van der Waals surface area contributed by atoms with E-state index in [1.54, 1.807) is 39.8 Å². The van der Waals surface area contributed by atoms with Crippen molar-refractivity contribution in [2.45, 2.75) is 19.4 Å². The van der Waals surface area contributed by atoms with Crippen LogP contribution in [0.2, 0.25) is 0 Å². The second-order valence-electron chi connectivity index (χ2n) is 7.88. The SMILES string of the molecule is COc1ccc(C2CC(c3cccs3)=NN2C(=O)COc2c(OC)cc(C)cc2OC)cc1OC. The fourth-order valence-electron chi connectivity index (χ4n) is 4.00. The molecule has 4 rings (SSSR count). The average Bonchev–Trinajstić information content (AvgIpc) is 3.57. The Balaban J connectivity index is 1.63. The number of methoxy groups -OCH3 is 4. The van der Waals surface area contributed by atoms with Crippen molar-refractivity contribution >= 4 is 23.0 Å². The van der Waals surface area contributed by atoms with Gasteiger partial charge in [0.2, 0.25) is 5.75 Å². The van der Waals surface area contributed by atoms with Crippen molar-refractivity contribution in [3.05, 3.63) is 63.8 Å². The van der Waals surface area contributed by atoms with Crippen molar-refractivity contribution in [3.63, 3.8) is 0 Å². The van der Waals surface area contributed by atoms with Gasteiger partial charge < -0.3 is 23.7 Å². The Kier molecular flexibility index (Phi) is 7.45. The number of benzene rings is 2. The predicted octanol–water partition coefficient (Wildman–Crippen LogP) is 4.85. The minimum absolute atomic E-state index is 0.235. The molecule has 2 aromatic carbocycles. The smallest absolute Gasteiger partial charge is 0.281 e. The number of carbonyl (C=O) groups excluding carboxylic acids is 1. The summed E-state index contributed by atoms with van der Waals surface area (Å²) >= 11 is 1.59. The van der Waals surface area contributed by atoms with E-state index in [1.165, 1.54) is 5.01 Å². The van der Waals surface area contributed by atoms with E-state index < -0.39 is 0 Å². The summed E-state index contributed by atoms with van der Waals surface area (Å²) in [5, 5.41) is 8.18. The molecule has 0 saturated heterocycles. The van der Waals surface area contributed by atoms with Crippen molar-refractivity contribution in [1.29, 1.82) is 0 Å². The lowest BCUT2D eigenvalue weighted by Gasteiger charge is -2.23. The molecule has 0 N–H and O–H groups in total. The van der Waals surface area contributed by atoms with E-state index in [1.807, 2.05) is 54.8 Å². The molecule has 0 spiro atoms. The highest BCUT2D eigenvalue weighted by molar-refractivity contribution is 7.12. The van der Waals surface area contributed by atoms with Crippen LogP contribution in [0.15, 0.2) is 52.9 Å². The van der Waals surface area contributed by atoms with Crippen molar-refractivity contribution in [3.8, 4) is 28.7 Å². The number of hydrogen-bond donors (Lipinski definition) is 0. The molecule has 1 unspecified atom stereocenters. The van der Waals surface area contributed by atoms with Crippen molar-refractivity contribution in [1.82, 2.24) is 5.01 Å². The first-order chi connectivity index (χ1) is 17.0. The summed E-state index contributed by atoms with van der Waals surface area (Å²) in [7, 11) is 6.27. The molecule has 1 amide bonds. The van der Waals surface area contributed by atoms with E-state index in [4.69, 9.17) is 28.8 Å². The third-order valence-corrected chi connectivity index (χ3v) is 6.63. The van der Waals surface area contributed by atoms with Gasteiger partial charge in [-0.25, -0.2) is 5.01 Å². The molecule has 8 nitrogen and oxygen atoms in total. The highest BCUT2D eigenvalue weighted by Gasteiger charge is 2.34. The van der Waals surface area contributed by atoms with Crippen LogP contribution in [0.5, 0.6) is 28.7 Å². The van der Waals surface area contributed by atoms with Crippen LogP contribution in [0.4, 0.5) is 0 Å². The fraction of sp³-hybridized carbons (Fsp3) is 0.308. The van der Waals surface area contributed by atoms with E-state index in [2.05, 4.69) is 0 Å². The highest BCUT2D eigenvalue weighted by atomic mass is 32.1. The van der Waals surface area contributed by atoms with Crippen molar-refractivity contribution < 1.29 is 28.5 Å². The van der Waals surface area contributed by atoms with Gasteiger partial charge in [-0.05, 0) is 53.8 Å². The third-order valence-electron chi connectivity index (χ3n) is 5.71. The van der Waals surface area contributed by atoms with Gasteiger partial charge in [0.25, 0.3) is 5.91 Å². The van der Waals surface area contributed by atoms with Crippen LogP contribution < -0.4 is 23.7 Å². The zero-order valence-corrected chi connectivity index (χ0v) is 21.2. The van der Waals surface area contributed by atoms with Crippen molar-refractivity contribution in [2.75, 3.05) is 35.0 Å². The predicted molar refractivity (Wildman–Crippen MR) is 134 cm³/mol. The van der Waals surface area contributed by atoms with Crippen LogP contribution in [0.1, 0.15) is 28.5 Å². The van der Waals surface area contributed by atoms with E-state index in [0.717, 1.165) is 21.7 Å². The monoisotopic (exact) mass is 496 g/mol. The number of nitrogens with zero attached hydrogens (tertiary/aromatic N) is 2. The molecule has 1 aliphatic rings. The zero-order valence-electron chi connectivity index (χ0n) is 20.4. The number of aryl methyl sites for hydroxylation is 1. The van der Waals surface area contributed by atoms with Gasteiger partial charge >= 0.3 is 0 Å². The molecule has 0 radical (unpaired) electrons. The van der Waals surface area contributed by atoms with Gasteiger partial charge in [-0.2, -0.15) is 5.10 Å². The van der Waals surface area contributed by atoms with Gasteiger partial charge in [0.1, 0.15) is 0 Å². The summed E-state index contributed by atoms with van der Waals surface area (Å²) in [6, 6.07) is 13.0. The Hall–Kier alpha value is -3.72. The lowest BCUT2D eigenvalue weighted by atomic mass is 10.0. The maximum Gasteiger partial charge on any atom is 0.281 e. The number of thiophene rings is 1. The summed E-state index contributed by atoms with van der Waals surface area (Å²) in [5.41, 5.74) is 2.69. The second kappa shape index (κ2) is 10.7. The van der Waals surface area contributed by atoms with Crippen LogP contribution in [0.25, 0.3) is 0 Å². The van der Waals surface area contributed by atoms with E-state index in [-0.39, 0.29) is 18.6 Å². The van der Waals surface area contributed by atoms with Crippen LogP contribution in [-0.2, 0) is 4.79 Å².